The Balaban J connectivity index is 1.19. The van der Waals surface area contributed by atoms with Crippen molar-refractivity contribution in [1.82, 2.24) is 4.57 Å². The summed E-state index contributed by atoms with van der Waals surface area (Å²) >= 11 is 0. The van der Waals surface area contributed by atoms with Gasteiger partial charge in [-0.25, -0.2) is 0 Å². The van der Waals surface area contributed by atoms with Crippen LogP contribution in [0.1, 0.15) is 0 Å². The van der Waals surface area contributed by atoms with Crippen molar-refractivity contribution in [2.45, 2.75) is 0 Å². The number of nitrogens with zero attached hydrogens (tertiary/aromatic N) is 2. The number of rotatable bonds is 7. The molecule has 8 aromatic carbocycles. The molecule has 0 aliphatic heterocycles. The largest absolute Gasteiger partial charge is 0.310 e. The molecule has 0 saturated carbocycles. The average molecular weight is 639 g/mol. The second kappa shape index (κ2) is 12.8. The maximum Gasteiger partial charge on any atom is 0.0562 e. The summed E-state index contributed by atoms with van der Waals surface area (Å²) in [6, 6.07) is 74.0. The van der Waals surface area contributed by atoms with Crippen LogP contribution in [0, 0.1) is 0 Å². The van der Waals surface area contributed by atoms with Crippen molar-refractivity contribution in [2.75, 3.05) is 4.90 Å². The first-order valence-electron chi connectivity index (χ1n) is 17.1. The first-order valence-corrected chi connectivity index (χ1v) is 17.1. The molecule has 0 N–H and O–H groups in total. The topological polar surface area (TPSA) is 8.17 Å². The normalized spacial score (nSPS) is 11.2. The van der Waals surface area contributed by atoms with E-state index in [1.54, 1.807) is 0 Å². The lowest BCUT2D eigenvalue weighted by Gasteiger charge is -2.27. The van der Waals surface area contributed by atoms with Crippen molar-refractivity contribution in [3.05, 3.63) is 206 Å². The van der Waals surface area contributed by atoms with E-state index in [-0.39, 0.29) is 0 Å². The van der Waals surface area contributed by atoms with E-state index < -0.39 is 0 Å². The minimum atomic E-state index is 1.10. The number of hydrogen-bond donors (Lipinski definition) is 0. The van der Waals surface area contributed by atoms with Crippen molar-refractivity contribution in [1.29, 1.82) is 0 Å². The quantitative estimate of drug-likeness (QED) is 0.169. The fourth-order valence-corrected chi connectivity index (χ4v) is 7.19. The number of benzene rings is 8. The molecular weight excluding hydrogens is 605 g/mol. The molecule has 0 fully saturated rings. The van der Waals surface area contributed by atoms with Crippen LogP contribution in [0.5, 0.6) is 0 Å². The second-order valence-corrected chi connectivity index (χ2v) is 12.6. The molecule has 2 nitrogen and oxygen atoms in total. The van der Waals surface area contributed by atoms with Gasteiger partial charge in [0.15, 0.2) is 0 Å². The lowest BCUT2D eigenvalue weighted by atomic mass is 10.00. The van der Waals surface area contributed by atoms with Crippen LogP contribution in [0.2, 0.25) is 0 Å². The molecule has 0 amide bonds. The fraction of sp³-hybridized carbons (Fsp3) is 0. The minimum Gasteiger partial charge on any atom is -0.310 e. The van der Waals surface area contributed by atoms with Gasteiger partial charge in [-0.2, -0.15) is 0 Å². The van der Waals surface area contributed by atoms with Crippen molar-refractivity contribution >= 4 is 38.9 Å². The third-order valence-electron chi connectivity index (χ3n) is 9.61. The molecule has 0 saturated heterocycles. The molecule has 0 aliphatic carbocycles. The van der Waals surface area contributed by atoms with Gasteiger partial charge in [0.05, 0.1) is 16.7 Å². The zero-order valence-electron chi connectivity index (χ0n) is 27.5. The summed E-state index contributed by atoms with van der Waals surface area (Å²) in [4.78, 5) is 2.40. The van der Waals surface area contributed by atoms with E-state index in [0.29, 0.717) is 0 Å². The van der Waals surface area contributed by atoms with Crippen LogP contribution in [0.4, 0.5) is 17.1 Å². The third kappa shape index (κ3) is 5.34. The van der Waals surface area contributed by atoms with Crippen molar-refractivity contribution in [3.8, 4) is 39.1 Å². The Labute approximate surface area is 292 Å². The summed E-state index contributed by atoms with van der Waals surface area (Å²) in [7, 11) is 0. The van der Waals surface area contributed by atoms with Gasteiger partial charge in [0.2, 0.25) is 0 Å². The Bertz CT molecular complexity index is 2530. The zero-order valence-corrected chi connectivity index (χ0v) is 27.5. The van der Waals surface area contributed by atoms with E-state index in [0.717, 1.165) is 22.7 Å². The summed E-state index contributed by atoms with van der Waals surface area (Å²) in [5.41, 5.74) is 14.1. The molecule has 9 rings (SSSR count). The molecule has 1 heterocycles. The van der Waals surface area contributed by atoms with Gasteiger partial charge >= 0.3 is 0 Å². The molecule has 1 aromatic heterocycles. The summed E-state index contributed by atoms with van der Waals surface area (Å²) in [5, 5.41) is 2.45. The van der Waals surface area contributed by atoms with Gasteiger partial charge in [0.25, 0.3) is 0 Å². The fourth-order valence-electron chi connectivity index (χ4n) is 7.19. The van der Waals surface area contributed by atoms with E-state index in [4.69, 9.17) is 0 Å². The van der Waals surface area contributed by atoms with Crippen molar-refractivity contribution in [2.24, 2.45) is 0 Å². The van der Waals surface area contributed by atoms with E-state index in [9.17, 15) is 0 Å². The van der Waals surface area contributed by atoms with Gasteiger partial charge in [-0.3, -0.25) is 0 Å². The summed E-state index contributed by atoms with van der Waals surface area (Å²) < 4.78 is 2.38. The maximum atomic E-state index is 2.40. The lowest BCUT2D eigenvalue weighted by molar-refractivity contribution is 1.18. The van der Waals surface area contributed by atoms with Crippen LogP contribution < -0.4 is 4.90 Å². The molecule has 236 valence electrons. The smallest absolute Gasteiger partial charge is 0.0562 e. The van der Waals surface area contributed by atoms with Crippen LogP contribution >= 0.6 is 0 Å². The Morgan fingerprint density at radius 3 is 1.22 bits per heavy atom. The van der Waals surface area contributed by atoms with Crippen LogP contribution in [-0.4, -0.2) is 4.57 Å². The highest BCUT2D eigenvalue weighted by Crippen LogP contribution is 2.44. The number of anilines is 3. The van der Waals surface area contributed by atoms with Gasteiger partial charge in [-0.15, -0.1) is 0 Å². The van der Waals surface area contributed by atoms with Crippen LogP contribution in [-0.2, 0) is 0 Å². The van der Waals surface area contributed by atoms with Gasteiger partial charge in [-0.05, 0) is 88.0 Å². The number of aromatic nitrogens is 1. The van der Waals surface area contributed by atoms with E-state index in [2.05, 4.69) is 216 Å². The Morgan fingerprint density at radius 1 is 0.300 bits per heavy atom. The first-order chi connectivity index (χ1) is 24.8. The minimum absolute atomic E-state index is 1.10. The highest BCUT2D eigenvalue weighted by molar-refractivity contribution is 6.16. The van der Waals surface area contributed by atoms with Gasteiger partial charge in [0.1, 0.15) is 0 Å². The molecule has 2 heteroatoms. The SMILES string of the molecule is c1ccc(-c2ccc(-c3ccc(N(c4ccc(-c5ccccc5)cc4)c4cccc5c4c4ccccc4n5-c4ccccc4)cc3)cc2)cc1. The predicted octanol–water partition coefficient (Wildman–Crippen LogP) is 13.3. The van der Waals surface area contributed by atoms with Gasteiger partial charge < -0.3 is 9.47 Å². The molecular formula is C48H34N2. The number of fused-ring (bicyclic) bond motifs is 3. The highest BCUT2D eigenvalue weighted by Gasteiger charge is 2.21. The van der Waals surface area contributed by atoms with E-state index >= 15 is 0 Å². The third-order valence-corrected chi connectivity index (χ3v) is 9.61. The van der Waals surface area contributed by atoms with E-state index in [1.807, 2.05) is 0 Å². The summed E-state index contributed by atoms with van der Waals surface area (Å²) in [5.74, 6) is 0. The highest BCUT2D eigenvalue weighted by atomic mass is 15.1. The Kier molecular flexibility index (Phi) is 7.53. The average Bonchev–Trinajstić information content (AvgIpc) is 3.55. The van der Waals surface area contributed by atoms with Crippen molar-refractivity contribution < 1.29 is 0 Å². The van der Waals surface area contributed by atoms with Crippen LogP contribution in [0.25, 0.3) is 60.9 Å². The summed E-state index contributed by atoms with van der Waals surface area (Å²) in [6.07, 6.45) is 0. The van der Waals surface area contributed by atoms with Gasteiger partial charge in [0, 0.05) is 27.8 Å². The number of para-hydroxylation sites is 2. The molecule has 0 bridgehead atoms. The molecule has 0 atom stereocenters. The molecule has 50 heavy (non-hydrogen) atoms. The maximum absolute atomic E-state index is 2.40. The first kappa shape index (κ1) is 29.5. The van der Waals surface area contributed by atoms with Crippen LogP contribution in [0.3, 0.4) is 0 Å². The lowest BCUT2D eigenvalue weighted by Crippen LogP contribution is -2.10. The number of hydrogen-bond acceptors (Lipinski definition) is 1. The zero-order chi connectivity index (χ0) is 33.3. The second-order valence-electron chi connectivity index (χ2n) is 12.6. The Hall–Kier alpha value is -6.64. The molecule has 9 aromatic rings. The summed E-state index contributed by atoms with van der Waals surface area (Å²) in [6.45, 7) is 0. The Morgan fingerprint density at radius 2 is 0.700 bits per heavy atom. The molecule has 0 aliphatic rings. The van der Waals surface area contributed by atoms with Gasteiger partial charge in [-0.1, -0.05) is 152 Å². The molecule has 0 radical (unpaired) electrons. The van der Waals surface area contributed by atoms with Crippen molar-refractivity contribution in [3.63, 3.8) is 0 Å². The standard InChI is InChI=1S/C48H34N2/c1-4-13-35(14-5-1)37-23-25-38(26-24-37)40-29-33-43(34-30-40)49(42-31-27-39(28-32-42)36-15-6-2-7-16-36)46-21-12-22-47-48(46)44-19-10-11-20-45(44)50(47)41-17-8-3-9-18-41/h1-34H. The van der Waals surface area contributed by atoms with E-state index in [1.165, 1.54) is 55.2 Å². The van der Waals surface area contributed by atoms with Crippen LogP contribution in [0.15, 0.2) is 206 Å². The predicted molar refractivity (Wildman–Crippen MR) is 212 cm³/mol. The molecule has 0 spiro atoms. The molecule has 0 unspecified atom stereocenters. The monoisotopic (exact) mass is 638 g/mol.